The van der Waals surface area contributed by atoms with Crippen molar-refractivity contribution in [3.8, 4) is 0 Å². The third-order valence-electron chi connectivity index (χ3n) is 5.35. The van der Waals surface area contributed by atoms with Gasteiger partial charge in [0.2, 0.25) is 5.91 Å². The average Bonchev–Trinajstić information content (AvgIpc) is 2.60. The number of nitrogens with one attached hydrogen (secondary N) is 2. The fourth-order valence-electron chi connectivity index (χ4n) is 3.93. The Labute approximate surface area is 170 Å². The van der Waals surface area contributed by atoms with Crippen LogP contribution in [-0.4, -0.2) is 49.4 Å². The lowest BCUT2D eigenvalue weighted by Crippen LogP contribution is -2.43. The van der Waals surface area contributed by atoms with E-state index in [-0.39, 0.29) is 17.2 Å². The highest BCUT2D eigenvalue weighted by Gasteiger charge is 2.21. The zero-order chi connectivity index (χ0) is 20.7. The van der Waals surface area contributed by atoms with Gasteiger partial charge in [-0.3, -0.25) is 9.59 Å². The molecule has 2 atom stereocenters. The van der Waals surface area contributed by atoms with Gasteiger partial charge in [0.15, 0.2) is 0 Å². The number of benzene rings is 1. The largest absolute Gasteiger partial charge is 0.355 e. The van der Waals surface area contributed by atoms with Crippen molar-refractivity contribution in [3.05, 3.63) is 35.4 Å². The summed E-state index contributed by atoms with van der Waals surface area (Å²) in [5, 5.41) is 5.79. The Kier molecular flexibility index (Phi) is 8.05. The highest BCUT2D eigenvalue weighted by Crippen LogP contribution is 2.22. The SMILES string of the molecule is CC1CC(C)CN(CCNC(=O)CCNC(=O)c2ccc(C(C)(C)C)cc2)C1. The molecule has 5 heteroatoms. The molecule has 1 aliphatic heterocycles. The minimum absolute atomic E-state index is 0.0125. The first-order valence-corrected chi connectivity index (χ1v) is 10.5. The normalized spacial score (nSPS) is 20.6. The molecule has 1 saturated heterocycles. The molecular weight excluding hydrogens is 350 g/mol. The summed E-state index contributed by atoms with van der Waals surface area (Å²) in [6.45, 7) is 15.2. The van der Waals surface area contributed by atoms with Crippen LogP contribution in [0.5, 0.6) is 0 Å². The predicted molar refractivity (Wildman–Crippen MR) is 114 cm³/mol. The second-order valence-electron chi connectivity index (χ2n) is 9.39. The Morgan fingerprint density at radius 1 is 1.00 bits per heavy atom. The van der Waals surface area contributed by atoms with Crippen molar-refractivity contribution in [2.24, 2.45) is 11.8 Å². The minimum Gasteiger partial charge on any atom is -0.355 e. The molecule has 28 heavy (non-hydrogen) atoms. The van der Waals surface area contributed by atoms with Gasteiger partial charge in [-0.1, -0.05) is 46.8 Å². The number of piperidine rings is 1. The van der Waals surface area contributed by atoms with Crippen molar-refractivity contribution >= 4 is 11.8 Å². The number of amides is 2. The van der Waals surface area contributed by atoms with Crippen LogP contribution in [0.25, 0.3) is 0 Å². The maximum Gasteiger partial charge on any atom is 0.251 e. The zero-order valence-electron chi connectivity index (χ0n) is 18.2. The predicted octanol–water partition coefficient (Wildman–Crippen LogP) is 3.20. The zero-order valence-corrected chi connectivity index (χ0v) is 18.2. The lowest BCUT2D eigenvalue weighted by molar-refractivity contribution is -0.121. The fourth-order valence-corrected chi connectivity index (χ4v) is 3.93. The van der Waals surface area contributed by atoms with Gasteiger partial charge >= 0.3 is 0 Å². The van der Waals surface area contributed by atoms with Crippen LogP contribution in [0.4, 0.5) is 0 Å². The summed E-state index contributed by atoms with van der Waals surface area (Å²) in [5.41, 5.74) is 1.89. The summed E-state index contributed by atoms with van der Waals surface area (Å²) in [4.78, 5) is 26.7. The quantitative estimate of drug-likeness (QED) is 0.755. The Bertz CT molecular complexity index is 639. The topological polar surface area (TPSA) is 61.4 Å². The molecule has 1 aromatic carbocycles. The lowest BCUT2D eigenvalue weighted by atomic mass is 9.87. The minimum atomic E-state index is -0.135. The second kappa shape index (κ2) is 10.1. The number of carbonyl (C=O) groups is 2. The summed E-state index contributed by atoms with van der Waals surface area (Å²) in [5.74, 6) is 1.31. The first kappa shape index (κ1) is 22.4. The van der Waals surface area contributed by atoms with Crippen molar-refractivity contribution in [1.29, 1.82) is 0 Å². The van der Waals surface area contributed by atoms with Gasteiger partial charge in [-0.05, 0) is 41.4 Å². The molecule has 2 unspecified atom stereocenters. The average molecular weight is 388 g/mol. The van der Waals surface area contributed by atoms with Crippen molar-refractivity contribution in [2.75, 3.05) is 32.7 Å². The van der Waals surface area contributed by atoms with Gasteiger partial charge in [0, 0.05) is 44.7 Å². The van der Waals surface area contributed by atoms with Crippen LogP contribution in [0.2, 0.25) is 0 Å². The van der Waals surface area contributed by atoms with Gasteiger partial charge < -0.3 is 15.5 Å². The second-order valence-corrected chi connectivity index (χ2v) is 9.39. The third-order valence-corrected chi connectivity index (χ3v) is 5.35. The van der Waals surface area contributed by atoms with Crippen LogP contribution in [0, 0.1) is 11.8 Å². The molecule has 1 heterocycles. The van der Waals surface area contributed by atoms with E-state index in [1.165, 1.54) is 12.0 Å². The first-order chi connectivity index (χ1) is 13.1. The molecule has 0 radical (unpaired) electrons. The summed E-state index contributed by atoms with van der Waals surface area (Å²) in [6.07, 6.45) is 1.60. The number of nitrogens with zero attached hydrogens (tertiary/aromatic N) is 1. The van der Waals surface area contributed by atoms with Crippen molar-refractivity contribution in [3.63, 3.8) is 0 Å². The molecule has 0 spiro atoms. The van der Waals surface area contributed by atoms with E-state index in [0.29, 0.717) is 25.1 Å². The molecule has 0 aliphatic carbocycles. The Morgan fingerprint density at radius 2 is 1.61 bits per heavy atom. The Morgan fingerprint density at radius 3 is 2.18 bits per heavy atom. The van der Waals surface area contributed by atoms with E-state index >= 15 is 0 Å². The fraction of sp³-hybridized carbons (Fsp3) is 0.652. The van der Waals surface area contributed by atoms with Crippen LogP contribution < -0.4 is 10.6 Å². The van der Waals surface area contributed by atoms with Crippen LogP contribution in [0.1, 0.15) is 63.4 Å². The number of likely N-dealkylation sites (tertiary alicyclic amines) is 1. The molecule has 156 valence electrons. The van der Waals surface area contributed by atoms with Crippen LogP contribution in [0.3, 0.4) is 0 Å². The summed E-state index contributed by atoms with van der Waals surface area (Å²) in [7, 11) is 0. The Hall–Kier alpha value is -1.88. The molecule has 1 fully saturated rings. The van der Waals surface area contributed by atoms with Crippen molar-refractivity contribution in [2.45, 2.75) is 52.9 Å². The van der Waals surface area contributed by atoms with Gasteiger partial charge in [-0.25, -0.2) is 0 Å². The van der Waals surface area contributed by atoms with E-state index in [9.17, 15) is 9.59 Å². The summed E-state index contributed by atoms with van der Waals surface area (Å²) in [6, 6.07) is 7.67. The molecule has 0 bridgehead atoms. The third kappa shape index (κ3) is 7.27. The first-order valence-electron chi connectivity index (χ1n) is 10.5. The highest BCUT2D eigenvalue weighted by atomic mass is 16.2. The highest BCUT2D eigenvalue weighted by molar-refractivity contribution is 5.94. The molecule has 0 aromatic heterocycles. The van der Waals surface area contributed by atoms with E-state index in [1.54, 1.807) is 0 Å². The van der Waals surface area contributed by atoms with Crippen LogP contribution in [-0.2, 0) is 10.2 Å². The van der Waals surface area contributed by atoms with E-state index < -0.39 is 0 Å². The van der Waals surface area contributed by atoms with Gasteiger partial charge in [0.1, 0.15) is 0 Å². The van der Waals surface area contributed by atoms with Crippen molar-refractivity contribution < 1.29 is 9.59 Å². The molecule has 2 amide bonds. The molecule has 2 rings (SSSR count). The molecule has 5 nitrogen and oxygen atoms in total. The van der Waals surface area contributed by atoms with E-state index in [4.69, 9.17) is 0 Å². The number of hydrogen-bond donors (Lipinski definition) is 2. The Balaban J connectivity index is 1.64. The van der Waals surface area contributed by atoms with Gasteiger partial charge in [-0.15, -0.1) is 0 Å². The number of hydrogen-bond acceptors (Lipinski definition) is 3. The molecule has 0 saturated carbocycles. The van der Waals surface area contributed by atoms with Gasteiger partial charge in [0.05, 0.1) is 0 Å². The number of carbonyl (C=O) groups excluding carboxylic acids is 2. The van der Waals surface area contributed by atoms with E-state index in [1.807, 2.05) is 24.3 Å². The summed E-state index contributed by atoms with van der Waals surface area (Å²) < 4.78 is 0. The smallest absolute Gasteiger partial charge is 0.251 e. The van der Waals surface area contributed by atoms with E-state index in [2.05, 4.69) is 50.2 Å². The lowest BCUT2D eigenvalue weighted by Gasteiger charge is -2.34. The van der Waals surface area contributed by atoms with Gasteiger partial charge in [-0.2, -0.15) is 0 Å². The van der Waals surface area contributed by atoms with Crippen molar-refractivity contribution in [1.82, 2.24) is 15.5 Å². The van der Waals surface area contributed by atoms with Crippen LogP contribution in [0.15, 0.2) is 24.3 Å². The van der Waals surface area contributed by atoms with Gasteiger partial charge in [0.25, 0.3) is 5.91 Å². The molecule has 2 N–H and O–H groups in total. The molecule has 1 aliphatic rings. The standard InChI is InChI=1S/C23H37N3O2/c1-17-14-18(2)16-26(15-17)13-12-24-21(27)10-11-25-22(28)19-6-8-20(9-7-19)23(3,4)5/h6-9,17-18H,10-16H2,1-5H3,(H,24,27)(H,25,28). The van der Waals surface area contributed by atoms with E-state index in [0.717, 1.165) is 31.5 Å². The van der Waals surface area contributed by atoms with Crippen LogP contribution >= 0.6 is 0 Å². The molecule has 1 aromatic rings. The monoisotopic (exact) mass is 387 g/mol. The maximum atomic E-state index is 12.2. The molecular formula is C23H37N3O2. The number of rotatable bonds is 7. The summed E-state index contributed by atoms with van der Waals surface area (Å²) >= 11 is 0. The maximum absolute atomic E-state index is 12.2.